The summed E-state index contributed by atoms with van der Waals surface area (Å²) in [6, 6.07) is 9.67. The number of aryl methyl sites for hydroxylation is 1. The second kappa shape index (κ2) is 9.16. The third-order valence-electron chi connectivity index (χ3n) is 3.59. The Morgan fingerprint density at radius 3 is 2.22 bits per heavy atom. The van der Waals surface area contributed by atoms with Gasteiger partial charge in [-0.1, -0.05) is 70.7 Å². The fourth-order valence-corrected chi connectivity index (χ4v) is 2.39. The Kier molecular flexibility index (Phi) is 7.75. The van der Waals surface area contributed by atoms with E-state index in [2.05, 4.69) is 50.4 Å². The van der Waals surface area contributed by atoms with Crippen molar-refractivity contribution in [3.05, 3.63) is 35.4 Å². The second-order valence-electron chi connectivity index (χ2n) is 5.05. The van der Waals surface area contributed by atoms with Gasteiger partial charge in [-0.3, -0.25) is 0 Å². The third kappa shape index (κ3) is 5.22. The first-order valence-corrected chi connectivity index (χ1v) is 7.64. The van der Waals surface area contributed by atoms with Crippen molar-refractivity contribution < 1.29 is 0 Å². The molecule has 0 saturated heterocycles. The van der Waals surface area contributed by atoms with Gasteiger partial charge >= 0.3 is 0 Å². The largest absolute Gasteiger partial charge is 0.310 e. The number of benzene rings is 1. The van der Waals surface area contributed by atoms with E-state index in [1.165, 1.54) is 43.2 Å². The molecule has 0 radical (unpaired) electrons. The molecule has 1 nitrogen and oxygen atoms in total. The Hall–Kier alpha value is -0.820. The summed E-state index contributed by atoms with van der Waals surface area (Å²) in [4.78, 5) is 0. The zero-order chi connectivity index (χ0) is 13.2. The first kappa shape index (κ1) is 15.2. The van der Waals surface area contributed by atoms with Crippen LogP contribution in [0, 0.1) is 0 Å². The van der Waals surface area contributed by atoms with Crippen molar-refractivity contribution in [2.75, 3.05) is 6.54 Å². The molecule has 0 bridgehead atoms. The van der Waals surface area contributed by atoms with Gasteiger partial charge in [-0.15, -0.1) is 0 Å². The lowest BCUT2D eigenvalue weighted by atomic mass is 9.98. The third-order valence-corrected chi connectivity index (χ3v) is 3.59. The average molecular weight is 247 g/mol. The minimum atomic E-state index is 0.540. The van der Waals surface area contributed by atoms with Gasteiger partial charge in [-0.2, -0.15) is 0 Å². The number of nitrogens with one attached hydrogen (secondary N) is 1. The molecule has 1 N–H and O–H groups in total. The molecule has 1 heteroatoms. The quantitative estimate of drug-likeness (QED) is 0.614. The molecule has 1 aromatic rings. The Balaban J connectivity index is 2.53. The molecule has 0 spiro atoms. The van der Waals surface area contributed by atoms with Crippen LogP contribution in [0.15, 0.2) is 24.3 Å². The van der Waals surface area contributed by atoms with Crippen LogP contribution in [-0.4, -0.2) is 6.54 Å². The van der Waals surface area contributed by atoms with Crippen LogP contribution >= 0.6 is 0 Å². The van der Waals surface area contributed by atoms with Crippen LogP contribution in [0.2, 0.25) is 0 Å². The van der Waals surface area contributed by atoms with Crippen molar-refractivity contribution in [3.63, 3.8) is 0 Å². The highest BCUT2D eigenvalue weighted by Crippen LogP contribution is 2.20. The van der Waals surface area contributed by atoms with Crippen molar-refractivity contribution in [3.8, 4) is 0 Å². The summed E-state index contributed by atoms with van der Waals surface area (Å²) < 4.78 is 0. The number of hydrogen-bond acceptors (Lipinski definition) is 1. The van der Waals surface area contributed by atoms with Gasteiger partial charge in [0.2, 0.25) is 0 Å². The number of rotatable bonds is 9. The monoisotopic (exact) mass is 247 g/mol. The lowest BCUT2D eigenvalue weighted by molar-refractivity contribution is 0.482. The molecule has 18 heavy (non-hydrogen) atoms. The summed E-state index contributed by atoms with van der Waals surface area (Å²) in [5, 5.41) is 3.61. The SMILES string of the molecule is CCCCCCC(NCC)c1ccc(CC)cc1. The van der Waals surface area contributed by atoms with E-state index >= 15 is 0 Å². The molecule has 0 saturated carbocycles. The highest BCUT2D eigenvalue weighted by Gasteiger charge is 2.09. The van der Waals surface area contributed by atoms with Crippen molar-refractivity contribution >= 4 is 0 Å². The molecule has 0 fully saturated rings. The maximum atomic E-state index is 3.61. The van der Waals surface area contributed by atoms with Crippen molar-refractivity contribution in [1.82, 2.24) is 5.32 Å². The Morgan fingerprint density at radius 1 is 0.944 bits per heavy atom. The highest BCUT2D eigenvalue weighted by molar-refractivity contribution is 5.25. The predicted octanol–water partition coefficient (Wildman–Crippen LogP) is 4.87. The summed E-state index contributed by atoms with van der Waals surface area (Å²) in [6.45, 7) is 7.72. The summed E-state index contributed by atoms with van der Waals surface area (Å²) in [5.74, 6) is 0. The van der Waals surface area contributed by atoms with Gasteiger partial charge in [0.05, 0.1) is 0 Å². The Bertz CT molecular complexity index is 302. The molecule has 0 heterocycles. The van der Waals surface area contributed by atoms with E-state index in [1.807, 2.05) is 0 Å². The van der Waals surface area contributed by atoms with Crippen LogP contribution in [0.3, 0.4) is 0 Å². The van der Waals surface area contributed by atoms with E-state index in [9.17, 15) is 0 Å². The molecular formula is C17H29N. The zero-order valence-corrected chi connectivity index (χ0v) is 12.3. The Labute approximate surface area is 113 Å². The number of unbranched alkanes of at least 4 members (excludes halogenated alkanes) is 3. The minimum Gasteiger partial charge on any atom is -0.310 e. The topological polar surface area (TPSA) is 12.0 Å². The molecule has 0 aliphatic rings. The van der Waals surface area contributed by atoms with Crippen LogP contribution in [-0.2, 0) is 6.42 Å². The molecule has 0 aliphatic carbocycles. The minimum absolute atomic E-state index is 0.540. The van der Waals surface area contributed by atoms with Crippen LogP contribution in [0.1, 0.15) is 70.0 Å². The van der Waals surface area contributed by atoms with Gasteiger partial charge in [0.25, 0.3) is 0 Å². The van der Waals surface area contributed by atoms with E-state index in [4.69, 9.17) is 0 Å². The lowest BCUT2D eigenvalue weighted by Crippen LogP contribution is -2.20. The van der Waals surface area contributed by atoms with Crippen LogP contribution in [0.5, 0.6) is 0 Å². The van der Waals surface area contributed by atoms with Crippen LogP contribution < -0.4 is 5.32 Å². The van der Waals surface area contributed by atoms with E-state index in [0.717, 1.165) is 13.0 Å². The normalized spacial score (nSPS) is 12.6. The van der Waals surface area contributed by atoms with E-state index < -0.39 is 0 Å². The summed E-state index contributed by atoms with van der Waals surface area (Å²) in [7, 11) is 0. The fraction of sp³-hybridized carbons (Fsp3) is 0.647. The molecular weight excluding hydrogens is 218 g/mol. The molecule has 0 aliphatic heterocycles. The summed E-state index contributed by atoms with van der Waals surface area (Å²) in [5.41, 5.74) is 2.88. The van der Waals surface area contributed by atoms with Gasteiger partial charge in [0.15, 0.2) is 0 Å². The lowest BCUT2D eigenvalue weighted by Gasteiger charge is -2.18. The van der Waals surface area contributed by atoms with E-state index in [0.29, 0.717) is 6.04 Å². The molecule has 1 atom stereocenters. The number of hydrogen-bond donors (Lipinski definition) is 1. The second-order valence-corrected chi connectivity index (χ2v) is 5.05. The van der Waals surface area contributed by atoms with Gasteiger partial charge < -0.3 is 5.32 Å². The van der Waals surface area contributed by atoms with Crippen LogP contribution in [0.25, 0.3) is 0 Å². The molecule has 0 amide bonds. The average Bonchev–Trinajstić information content (AvgIpc) is 2.42. The maximum Gasteiger partial charge on any atom is 0.0320 e. The van der Waals surface area contributed by atoms with E-state index in [1.54, 1.807) is 0 Å². The molecule has 1 unspecified atom stereocenters. The van der Waals surface area contributed by atoms with Gasteiger partial charge in [0.1, 0.15) is 0 Å². The zero-order valence-electron chi connectivity index (χ0n) is 12.3. The first-order chi connectivity index (χ1) is 8.81. The highest BCUT2D eigenvalue weighted by atomic mass is 14.9. The van der Waals surface area contributed by atoms with Crippen molar-refractivity contribution in [2.24, 2.45) is 0 Å². The first-order valence-electron chi connectivity index (χ1n) is 7.64. The molecule has 1 rings (SSSR count). The van der Waals surface area contributed by atoms with E-state index in [-0.39, 0.29) is 0 Å². The van der Waals surface area contributed by atoms with Crippen LogP contribution in [0.4, 0.5) is 0 Å². The van der Waals surface area contributed by atoms with Crippen molar-refractivity contribution in [2.45, 2.75) is 65.3 Å². The molecule has 1 aromatic carbocycles. The predicted molar refractivity (Wildman–Crippen MR) is 81.0 cm³/mol. The van der Waals surface area contributed by atoms with Gasteiger partial charge in [-0.25, -0.2) is 0 Å². The molecule has 0 aromatic heterocycles. The standard InChI is InChI=1S/C17H29N/c1-4-7-8-9-10-17(18-6-3)16-13-11-15(5-2)12-14-16/h11-14,17-18H,4-10H2,1-3H3. The summed E-state index contributed by atoms with van der Waals surface area (Å²) >= 11 is 0. The van der Waals surface area contributed by atoms with Gasteiger partial charge in [-0.05, 0) is 30.5 Å². The maximum absolute atomic E-state index is 3.61. The van der Waals surface area contributed by atoms with Gasteiger partial charge in [0, 0.05) is 6.04 Å². The fourth-order valence-electron chi connectivity index (χ4n) is 2.39. The van der Waals surface area contributed by atoms with Crippen molar-refractivity contribution in [1.29, 1.82) is 0 Å². The summed E-state index contributed by atoms with van der Waals surface area (Å²) in [6.07, 6.45) is 7.78. The smallest absolute Gasteiger partial charge is 0.0320 e. The Morgan fingerprint density at radius 2 is 1.67 bits per heavy atom. The molecule has 102 valence electrons.